The van der Waals surface area contributed by atoms with Crippen LogP contribution in [0.1, 0.15) is 33.5 Å². The lowest BCUT2D eigenvalue weighted by atomic mass is 10.1. The first-order valence-corrected chi connectivity index (χ1v) is 10.5. The van der Waals surface area contributed by atoms with Crippen LogP contribution >= 0.6 is 0 Å². The molecule has 0 unspecified atom stereocenters. The fourth-order valence-electron chi connectivity index (χ4n) is 2.87. The van der Waals surface area contributed by atoms with Crippen LogP contribution in [0, 0.1) is 18.8 Å². The van der Waals surface area contributed by atoms with E-state index in [-0.39, 0.29) is 18.9 Å². The molecule has 0 radical (unpaired) electrons. The second kappa shape index (κ2) is 11.8. The standard InChI is InChI=1S/C26H24N4O4/c1-18-9-12-23(28-17-18)30-24(31)13-14-27-26(33)29-22-8-4-6-20(16-22)11-10-19-5-3-7-21(15-19)25(32)34-2/h3-9,12,15-17H,13-14H2,1-2H3,(H2,27,29,33)(H,28,30,31). The largest absolute Gasteiger partial charge is 0.465 e. The number of hydrogen-bond acceptors (Lipinski definition) is 5. The molecule has 2 aromatic carbocycles. The van der Waals surface area contributed by atoms with Crippen molar-refractivity contribution in [3.8, 4) is 11.8 Å². The SMILES string of the molecule is COC(=O)c1cccc(C#Cc2cccc(NC(=O)NCCC(=O)Nc3ccc(C)cn3)c2)c1. The number of aryl methyl sites for hydroxylation is 1. The summed E-state index contributed by atoms with van der Waals surface area (Å²) < 4.78 is 4.72. The average Bonchev–Trinajstić information content (AvgIpc) is 2.84. The van der Waals surface area contributed by atoms with Crippen molar-refractivity contribution in [2.45, 2.75) is 13.3 Å². The number of esters is 1. The lowest BCUT2D eigenvalue weighted by Crippen LogP contribution is -2.31. The molecular weight excluding hydrogens is 432 g/mol. The van der Waals surface area contributed by atoms with Gasteiger partial charge in [-0.05, 0) is 55.0 Å². The number of urea groups is 1. The van der Waals surface area contributed by atoms with Crippen LogP contribution in [0.4, 0.5) is 16.3 Å². The highest BCUT2D eigenvalue weighted by Gasteiger charge is 2.07. The Hall–Kier alpha value is -4.64. The van der Waals surface area contributed by atoms with E-state index < -0.39 is 12.0 Å². The van der Waals surface area contributed by atoms with Crippen LogP contribution in [0.5, 0.6) is 0 Å². The van der Waals surface area contributed by atoms with Gasteiger partial charge in [-0.1, -0.05) is 30.0 Å². The Balaban J connectivity index is 1.50. The van der Waals surface area contributed by atoms with E-state index >= 15 is 0 Å². The summed E-state index contributed by atoms with van der Waals surface area (Å²) in [6.07, 6.45) is 1.78. The number of benzene rings is 2. The Bertz CT molecular complexity index is 1240. The number of methoxy groups -OCH3 is 1. The third-order valence-corrected chi connectivity index (χ3v) is 4.57. The molecule has 0 spiro atoms. The Morgan fingerprint density at radius 3 is 2.38 bits per heavy atom. The quantitative estimate of drug-likeness (QED) is 0.387. The van der Waals surface area contributed by atoms with Gasteiger partial charge < -0.3 is 20.7 Å². The summed E-state index contributed by atoms with van der Waals surface area (Å²) in [5.41, 5.74) is 3.33. The van der Waals surface area contributed by atoms with Gasteiger partial charge in [-0.15, -0.1) is 0 Å². The molecule has 3 aromatic rings. The molecule has 1 aromatic heterocycles. The zero-order valence-corrected chi connectivity index (χ0v) is 18.8. The molecule has 0 aliphatic rings. The van der Waals surface area contributed by atoms with E-state index in [0.29, 0.717) is 28.2 Å². The molecule has 8 nitrogen and oxygen atoms in total. The van der Waals surface area contributed by atoms with Crippen LogP contribution in [0.15, 0.2) is 66.9 Å². The van der Waals surface area contributed by atoms with Crippen molar-refractivity contribution in [3.05, 3.63) is 89.1 Å². The molecule has 0 aliphatic heterocycles. The van der Waals surface area contributed by atoms with Crippen molar-refractivity contribution in [3.63, 3.8) is 0 Å². The molecule has 0 bridgehead atoms. The zero-order chi connectivity index (χ0) is 24.3. The molecule has 8 heteroatoms. The number of amides is 3. The fraction of sp³-hybridized carbons (Fsp3) is 0.154. The Kier molecular flexibility index (Phi) is 8.36. The van der Waals surface area contributed by atoms with Gasteiger partial charge in [-0.25, -0.2) is 14.6 Å². The topological polar surface area (TPSA) is 109 Å². The summed E-state index contributed by atoms with van der Waals surface area (Å²) in [5, 5.41) is 8.04. The molecule has 0 saturated carbocycles. The summed E-state index contributed by atoms with van der Waals surface area (Å²) >= 11 is 0. The molecule has 34 heavy (non-hydrogen) atoms. The van der Waals surface area contributed by atoms with E-state index in [1.165, 1.54) is 7.11 Å². The van der Waals surface area contributed by atoms with Crippen LogP contribution in [0.3, 0.4) is 0 Å². The monoisotopic (exact) mass is 456 g/mol. The first-order chi connectivity index (χ1) is 16.4. The van der Waals surface area contributed by atoms with Crippen LogP contribution in [-0.2, 0) is 9.53 Å². The van der Waals surface area contributed by atoms with E-state index in [4.69, 9.17) is 4.74 Å². The number of nitrogens with one attached hydrogen (secondary N) is 3. The number of aromatic nitrogens is 1. The molecule has 1 heterocycles. The molecule has 0 saturated heterocycles. The van der Waals surface area contributed by atoms with Crippen molar-refractivity contribution >= 4 is 29.4 Å². The average molecular weight is 457 g/mol. The van der Waals surface area contributed by atoms with Gasteiger partial charge >= 0.3 is 12.0 Å². The van der Waals surface area contributed by atoms with Crippen molar-refractivity contribution in [1.82, 2.24) is 10.3 Å². The molecule has 0 fully saturated rings. The smallest absolute Gasteiger partial charge is 0.337 e. The Morgan fingerprint density at radius 1 is 0.941 bits per heavy atom. The Morgan fingerprint density at radius 2 is 1.68 bits per heavy atom. The minimum absolute atomic E-state index is 0.110. The van der Waals surface area contributed by atoms with E-state index in [1.807, 2.05) is 19.1 Å². The zero-order valence-electron chi connectivity index (χ0n) is 18.8. The predicted molar refractivity (Wildman–Crippen MR) is 129 cm³/mol. The lowest BCUT2D eigenvalue weighted by molar-refractivity contribution is -0.116. The molecule has 3 N–H and O–H groups in total. The number of nitrogens with zero attached hydrogens (tertiary/aromatic N) is 1. The predicted octanol–water partition coefficient (Wildman–Crippen LogP) is 3.73. The normalized spacial score (nSPS) is 9.82. The highest BCUT2D eigenvalue weighted by Crippen LogP contribution is 2.11. The number of anilines is 2. The molecule has 172 valence electrons. The third-order valence-electron chi connectivity index (χ3n) is 4.57. The summed E-state index contributed by atoms with van der Waals surface area (Å²) in [4.78, 5) is 39.9. The number of carbonyl (C=O) groups is 3. The minimum Gasteiger partial charge on any atom is -0.465 e. The van der Waals surface area contributed by atoms with Crippen molar-refractivity contribution < 1.29 is 19.1 Å². The van der Waals surface area contributed by atoms with Gasteiger partial charge in [0.15, 0.2) is 0 Å². The Labute approximate surface area is 197 Å². The summed E-state index contributed by atoms with van der Waals surface area (Å²) in [5.74, 6) is 5.80. The lowest BCUT2D eigenvalue weighted by Gasteiger charge is -2.08. The van der Waals surface area contributed by atoms with E-state index in [2.05, 4.69) is 32.8 Å². The third kappa shape index (κ3) is 7.50. The molecular formula is C26H24N4O4. The first kappa shape index (κ1) is 24.0. The maximum absolute atomic E-state index is 12.2. The van der Waals surface area contributed by atoms with Gasteiger partial charge in [0.05, 0.1) is 12.7 Å². The summed E-state index contributed by atoms with van der Waals surface area (Å²) in [6.45, 7) is 2.08. The highest BCUT2D eigenvalue weighted by atomic mass is 16.5. The van der Waals surface area contributed by atoms with E-state index in [9.17, 15) is 14.4 Å². The summed E-state index contributed by atoms with van der Waals surface area (Å²) in [6, 6.07) is 17.0. The molecule has 3 rings (SSSR count). The fourth-order valence-corrected chi connectivity index (χ4v) is 2.87. The molecule has 3 amide bonds. The van der Waals surface area contributed by atoms with Crippen molar-refractivity contribution in [2.75, 3.05) is 24.3 Å². The summed E-state index contributed by atoms with van der Waals surface area (Å²) in [7, 11) is 1.33. The number of hydrogen-bond donors (Lipinski definition) is 3. The van der Waals surface area contributed by atoms with Crippen molar-refractivity contribution in [1.29, 1.82) is 0 Å². The van der Waals surface area contributed by atoms with Crippen LogP contribution in [0.2, 0.25) is 0 Å². The maximum atomic E-state index is 12.2. The number of rotatable bonds is 6. The highest BCUT2D eigenvalue weighted by molar-refractivity contribution is 5.92. The van der Waals surface area contributed by atoms with E-state index in [1.54, 1.807) is 54.7 Å². The second-order valence-electron chi connectivity index (χ2n) is 7.30. The van der Waals surface area contributed by atoms with Gasteiger partial charge in [0.25, 0.3) is 0 Å². The first-order valence-electron chi connectivity index (χ1n) is 10.5. The molecule has 0 aliphatic carbocycles. The maximum Gasteiger partial charge on any atom is 0.337 e. The van der Waals surface area contributed by atoms with Crippen LogP contribution in [0.25, 0.3) is 0 Å². The second-order valence-corrected chi connectivity index (χ2v) is 7.30. The van der Waals surface area contributed by atoms with Crippen LogP contribution < -0.4 is 16.0 Å². The van der Waals surface area contributed by atoms with Gasteiger partial charge in [-0.2, -0.15) is 0 Å². The molecule has 0 atom stereocenters. The van der Waals surface area contributed by atoms with Gasteiger partial charge in [0.2, 0.25) is 5.91 Å². The number of ether oxygens (including phenoxy) is 1. The minimum atomic E-state index is -0.433. The number of pyridine rings is 1. The van der Waals surface area contributed by atoms with Gasteiger partial charge in [0, 0.05) is 36.0 Å². The van der Waals surface area contributed by atoms with E-state index in [0.717, 1.165) is 5.56 Å². The van der Waals surface area contributed by atoms with Gasteiger partial charge in [-0.3, -0.25) is 4.79 Å². The van der Waals surface area contributed by atoms with Gasteiger partial charge in [0.1, 0.15) is 5.82 Å². The number of carbonyl (C=O) groups excluding carboxylic acids is 3. The van der Waals surface area contributed by atoms with Crippen LogP contribution in [-0.4, -0.2) is 36.5 Å². The van der Waals surface area contributed by atoms with Crippen molar-refractivity contribution in [2.24, 2.45) is 0 Å².